The normalized spacial score (nSPS) is 11.1. The van der Waals surface area contributed by atoms with Crippen molar-refractivity contribution in [3.05, 3.63) is 42.2 Å². The van der Waals surface area contributed by atoms with Crippen molar-refractivity contribution in [3.63, 3.8) is 0 Å². The lowest BCUT2D eigenvalue weighted by molar-refractivity contribution is 0.535. The maximum atomic E-state index is 5.61. The molecule has 0 bridgehead atoms. The average molecular weight is 228 g/mol. The zero-order chi connectivity index (χ0) is 11.7. The van der Waals surface area contributed by atoms with Crippen LogP contribution in [0.5, 0.6) is 0 Å². The molecule has 0 radical (unpaired) electrons. The van der Waals surface area contributed by atoms with Crippen LogP contribution in [-0.2, 0) is 6.42 Å². The minimum atomic E-state index is 0.509. The first-order chi connectivity index (χ1) is 8.36. The quantitative estimate of drug-likeness (QED) is 0.748. The Morgan fingerprint density at radius 1 is 1.24 bits per heavy atom. The van der Waals surface area contributed by atoms with E-state index in [4.69, 9.17) is 14.6 Å². The van der Waals surface area contributed by atoms with E-state index >= 15 is 0 Å². The molecule has 3 aromatic rings. The fourth-order valence-electron chi connectivity index (χ4n) is 1.80. The average Bonchev–Trinajstić information content (AvgIpc) is 2.97. The summed E-state index contributed by atoms with van der Waals surface area (Å²) < 4.78 is 10.9. The molecule has 3 rings (SSSR count). The standard InChI is InChI=1S/C13H12N2O2/c14-6-5-9-3-4-11-10(8-9)15-13(17-11)12-2-1-7-16-12/h1-4,7-8H,5-6,14H2. The number of benzene rings is 1. The van der Waals surface area contributed by atoms with Crippen LogP contribution >= 0.6 is 0 Å². The summed E-state index contributed by atoms with van der Waals surface area (Å²) in [5.74, 6) is 1.15. The molecule has 0 amide bonds. The third-order valence-electron chi connectivity index (χ3n) is 2.62. The van der Waals surface area contributed by atoms with E-state index < -0.39 is 0 Å². The molecule has 2 heterocycles. The second kappa shape index (κ2) is 4.07. The summed E-state index contributed by atoms with van der Waals surface area (Å²) in [7, 11) is 0. The number of aromatic nitrogens is 1. The molecule has 0 spiro atoms. The predicted molar refractivity (Wildman–Crippen MR) is 64.5 cm³/mol. The first-order valence-electron chi connectivity index (χ1n) is 5.50. The van der Waals surface area contributed by atoms with Gasteiger partial charge in [-0.3, -0.25) is 0 Å². The first kappa shape index (κ1) is 10.1. The van der Waals surface area contributed by atoms with Crippen LogP contribution in [0.1, 0.15) is 5.56 Å². The minimum absolute atomic E-state index is 0.509. The number of nitrogens with two attached hydrogens (primary N) is 1. The summed E-state index contributed by atoms with van der Waals surface area (Å²) in [5.41, 5.74) is 8.29. The van der Waals surface area contributed by atoms with Crippen molar-refractivity contribution in [2.75, 3.05) is 6.54 Å². The molecule has 86 valence electrons. The number of hydrogen-bond donors (Lipinski definition) is 1. The number of furan rings is 1. The maximum absolute atomic E-state index is 5.61. The van der Waals surface area contributed by atoms with Gasteiger partial charge in [-0.15, -0.1) is 0 Å². The fourth-order valence-corrected chi connectivity index (χ4v) is 1.80. The molecule has 0 fully saturated rings. The summed E-state index contributed by atoms with van der Waals surface area (Å²) >= 11 is 0. The van der Waals surface area contributed by atoms with Gasteiger partial charge in [-0.1, -0.05) is 6.07 Å². The van der Waals surface area contributed by atoms with Gasteiger partial charge in [-0.25, -0.2) is 4.98 Å². The van der Waals surface area contributed by atoms with E-state index in [1.165, 1.54) is 5.56 Å². The largest absolute Gasteiger partial charge is 0.459 e. The van der Waals surface area contributed by atoms with E-state index in [0.29, 0.717) is 18.2 Å². The molecule has 0 atom stereocenters. The summed E-state index contributed by atoms with van der Waals surface area (Å²) in [6.45, 7) is 0.633. The van der Waals surface area contributed by atoms with Gasteiger partial charge in [0, 0.05) is 0 Å². The summed E-state index contributed by atoms with van der Waals surface area (Å²) in [4.78, 5) is 4.40. The van der Waals surface area contributed by atoms with E-state index in [1.54, 1.807) is 6.26 Å². The molecule has 4 nitrogen and oxygen atoms in total. The van der Waals surface area contributed by atoms with Gasteiger partial charge in [-0.05, 0) is 42.8 Å². The lowest BCUT2D eigenvalue weighted by atomic mass is 10.1. The third kappa shape index (κ3) is 1.83. The first-order valence-corrected chi connectivity index (χ1v) is 5.50. The lowest BCUT2D eigenvalue weighted by Crippen LogP contribution is -2.02. The summed E-state index contributed by atoms with van der Waals surface area (Å²) in [5, 5.41) is 0. The molecular formula is C13H12N2O2. The molecule has 0 aliphatic heterocycles. The minimum Gasteiger partial charge on any atom is -0.459 e. The van der Waals surface area contributed by atoms with Crippen LogP contribution in [0.4, 0.5) is 0 Å². The molecule has 2 N–H and O–H groups in total. The topological polar surface area (TPSA) is 65.2 Å². The Hall–Kier alpha value is -2.07. The Kier molecular flexibility index (Phi) is 2.42. The highest BCUT2D eigenvalue weighted by Gasteiger charge is 2.10. The molecule has 0 aliphatic carbocycles. The van der Waals surface area contributed by atoms with Gasteiger partial charge < -0.3 is 14.6 Å². The Bertz CT molecular complexity index is 626. The SMILES string of the molecule is NCCc1ccc2oc(-c3ccco3)nc2c1. The van der Waals surface area contributed by atoms with Crippen molar-refractivity contribution in [3.8, 4) is 11.7 Å². The van der Waals surface area contributed by atoms with E-state index in [1.807, 2.05) is 30.3 Å². The number of nitrogens with zero attached hydrogens (tertiary/aromatic N) is 1. The van der Waals surface area contributed by atoms with Crippen molar-refractivity contribution >= 4 is 11.1 Å². The molecule has 0 aliphatic rings. The van der Waals surface area contributed by atoms with E-state index in [-0.39, 0.29) is 0 Å². The lowest BCUT2D eigenvalue weighted by Gasteiger charge is -1.95. The van der Waals surface area contributed by atoms with Crippen LogP contribution in [0.25, 0.3) is 22.8 Å². The number of rotatable bonds is 3. The Balaban J connectivity index is 2.07. The third-order valence-corrected chi connectivity index (χ3v) is 2.62. The van der Waals surface area contributed by atoms with E-state index in [2.05, 4.69) is 4.98 Å². The fraction of sp³-hybridized carbons (Fsp3) is 0.154. The maximum Gasteiger partial charge on any atom is 0.263 e. The summed E-state index contributed by atoms with van der Waals surface area (Å²) in [6.07, 6.45) is 2.45. The van der Waals surface area contributed by atoms with Crippen LogP contribution in [0.2, 0.25) is 0 Å². The molecular weight excluding hydrogens is 216 g/mol. The predicted octanol–water partition coefficient (Wildman–Crippen LogP) is 2.59. The Labute approximate surface area is 98.0 Å². The highest BCUT2D eigenvalue weighted by molar-refractivity contribution is 5.76. The van der Waals surface area contributed by atoms with Gasteiger partial charge in [0.15, 0.2) is 11.3 Å². The van der Waals surface area contributed by atoms with Crippen molar-refractivity contribution < 1.29 is 8.83 Å². The van der Waals surface area contributed by atoms with E-state index in [0.717, 1.165) is 17.5 Å². The summed E-state index contributed by atoms with van der Waals surface area (Å²) in [6, 6.07) is 9.56. The molecule has 17 heavy (non-hydrogen) atoms. The van der Waals surface area contributed by atoms with Gasteiger partial charge in [0.1, 0.15) is 5.52 Å². The zero-order valence-electron chi connectivity index (χ0n) is 9.22. The van der Waals surface area contributed by atoms with Crippen molar-refractivity contribution in [1.29, 1.82) is 0 Å². The van der Waals surface area contributed by atoms with E-state index in [9.17, 15) is 0 Å². The van der Waals surface area contributed by atoms with Crippen LogP contribution < -0.4 is 5.73 Å². The van der Waals surface area contributed by atoms with Crippen LogP contribution in [0, 0.1) is 0 Å². The van der Waals surface area contributed by atoms with Crippen LogP contribution in [0.15, 0.2) is 45.4 Å². The second-order valence-corrected chi connectivity index (χ2v) is 3.84. The monoisotopic (exact) mass is 228 g/mol. The van der Waals surface area contributed by atoms with Gasteiger partial charge >= 0.3 is 0 Å². The van der Waals surface area contributed by atoms with Crippen LogP contribution in [-0.4, -0.2) is 11.5 Å². The van der Waals surface area contributed by atoms with Crippen molar-refractivity contribution in [2.45, 2.75) is 6.42 Å². The highest BCUT2D eigenvalue weighted by atomic mass is 16.4. The Morgan fingerprint density at radius 2 is 2.18 bits per heavy atom. The molecule has 0 unspecified atom stereocenters. The van der Waals surface area contributed by atoms with Gasteiger partial charge in [0.25, 0.3) is 5.89 Å². The smallest absolute Gasteiger partial charge is 0.263 e. The molecule has 0 saturated heterocycles. The molecule has 4 heteroatoms. The van der Waals surface area contributed by atoms with Crippen molar-refractivity contribution in [1.82, 2.24) is 4.98 Å². The van der Waals surface area contributed by atoms with Gasteiger partial charge in [0.05, 0.1) is 6.26 Å². The van der Waals surface area contributed by atoms with Gasteiger partial charge in [0.2, 0.25) is 0 Å². The zero-order valence-corrected chi connectivity index (χ0v) is 9.22. The molecule has 0 saturated carbocycles. The molecule has 1 aromatic carbocycles. The second-order valence-electron chi connectivity index (χ2n) is 3.84. The van der Waals surface area contributed by atoms with Gasteiger partial charge in [-0.2, -0.15) is 0 Å². The number of fused-ring (bicyclic) bond motifs is 1. The molecule has 2 aromatic heterocycles. The highest BCUT2D eigenvalue weighted by Crippen LogP contribution is 2.25. The number of oxazole rings is 1. The Morgan fingerprint density at radius 3 is 2.94 bits per heavy atom. The van der Waals surface area contributed by atoms with Crippen molar-refractivity contribution in [2.24, 2.45) is 5.73 Å². The number of hydrogen-bond acceptors (Lipinski definition) is 4. The van der Waals surface area contributed by atoms with Crippen LogP contribution in [0.3, 0.4) is 0 Å².